The monoisotopic (exact) mass is 545 g/mol. The van der Waals surface area contributed by atoms with Gasteiger partial charge in [-0.25, -0.2) is 4.90 Å². The Kier molecular flexibility index (Phi) is 6.16. The van der Waals surface area contributed by atoms with E-state index in [1.807, 2.05) is 98.8 Å². The van der Waals surface area contributed by atoms with Gasteiger partial charge in [-0.3, -0.25) is 9.59 Å². The van der Waals surface area contributed by atoms with Crippen molar-refractivity contribution in [1.29, 1.82) is 0 Å². The largest absolute Gasteiger partial charge is 0.388 e. The maximum Gasteiger partial charge on any atom is 0.240 e. The quantitative estimate of drug-likeness (QED) is 0.275. The second-order valence-corrected chi connectivity index (χ2v) is 11.3. The molecule has 1 N–H and O–H groups in total. The van der Waals surface area contributed by atoms with E-state index in [1.54, 1.807) is 24.3 Å². The molecule has 0 aromatic heterocycles. The molecular formula is C35H31NO5. The molecule has 6 atom stereocenters. The molecule has 2 amide bonds. The van der Waals surface area contributed by atoms with Crippen molar-refractivity contribution in [2.45, 2.75) is 43.9 Å². The highest BCUT2D eigenvalue weighted by Crippen LogP contribution is 2.53. The molecule has 6 nitrogen and oxygen atoms in total. The normalized spacial score (nSPS) is 27.0. The van der Waals surface area contributed by atoms with Crippen LogP contribution in [0.5, 0.6) is 0 Å². The van der Waals surface area contributed by atoms with E-state index in [9.17, 15) is 14.7 Å². The van der Waals surface area contributed by atoms with E-state index < -0.39 is 41.9 Å². The van der Waals surface area contributed by atoms with Crippen molar-refractivity contribution in [3.8, 4) is 0 Å². The zero-order valence-corrected chi connectivity index (χ0v) is 22.9. The van der Waals surface area contributed by atoms with Crippen molar-refractivity contribution >= 4 is 17.5 Å². The van der Waals surface area contributed by atoms with E-state index in [-0.39, 0.29) is 11.8 Å². The molecule has 4 aromatic carbocycles. The third-order valence-corrected chi connectivity index (χ3v) is 8.84. The van der Waals surface area contributed by atoms with Crippen LogP contribution in [0.1, 0.15) is 27.8 Å². The van der Waals surface area contributed by atoms with Crippen LogP contribution in [-0.2, 0) is 24.7 Å². The van der Waals surface area contributed by atoms with Crippen molar-refractivity contribution in [3.63, 3.8) is 0 Å². The van der Waals surface area contributed by atoms with Crippen LogP contribution < -0.4 is 4.90 Å². The number of anilines is 1. The van der Waals surface area contributed by atoms with Crippen LogP contribution in [0.15, 0.2) is 109 Å². The molecule has 3 heterocycles. The number of para-hydroxylation sites is 1. The number of ether oxygens (including phenoxy) is 2. The molecule has 41 heavy (non-hydrogen) atoms. The molecule has 0 aliphatic carbocycles. The van der Waals surface area contributed by atoms with Crippen molar-refractivity contribution in [1.82, 2.24) is 0 Å². The Hall–Kier alpha value is -4.10. The Morgan fingerprint density at radius 1 is 0.659 bits per heavy atom. The van der Waals surface area contributed by atoms with Gasteiger partial charge in [-0.05, 0) is 42.7 Å². The molecule has 3 aliphatic heterocycles. The van der Waals surface area contributed by atoms with Crippen LogP contribution in [0.4, 0.5) is 5.69 Å². The zero-order chi connectivity index (χ0) is 28.3. The number of imide groups is 1. The predicted molar refractivity (Wildman–Crippen MR) is 154 cm³/mol. The lowest BCUT2D eigenvalue weighted by Gasteiger charge is -2.41. The maximum absolute atomic E-state index is 13.8. The summed E-state index contributed by atoms with van der Waals surface area (Å²) in [5, 5.41) is 11.6. The topological polar surface area (TPSA) is 76.1 Å². The molecular weight excluding hydrogens is 514 g/mol. The lowest BCUT2D eigenvalue weighted by molar-refractivity contribution is -0.139. The standard InChI is InChI=1S/C35H31NO5/c1-21-13-17-24(18-14-21)35(23-9-5-3-6-10-23,25-19-15-22(2)16-20-25)41-32-29(37)30-27-28(31(32)40-30)34(39)36(33(27)38)26-11-7-4-8-12-26/h3-20,27-32,37H,1-2H3/t27?,28?,29-,30+,31-,32-/m0/s1. The summed E-state index contributed by atoms with van der Waals surface area (Å²) in [6.07, 6.45) is -3.54. The van der Waals surface area contributed by atoms with Gasteiger partial charge in [0, 0.05) is 0 Å². The number of fused-ring (bicyclic) bond motifs is 5. The van der Waals surface area contributed by atoms with E-state index in [4.69, 9.17) is 9.47 Å². The van der Waals surface area contributed by atoms with Gasteiger partial charge in [0.05, 0.1) is 29.7 Å². The summed E-state index contributed by atoms with van der Waals surface area (Å²) in [7, 11) is 0. The molecule has 0 spiro atoms. The number of aliphatic hydroxyl groups is 1. The minimum absolute atomic E-state index is 0.310. The van der Waals surface area contributed by atoms with Crippen LogP contribution >= 0.6 is 0 Å². The van der Waals surface area contributed by atoms with Gasteiger partial charge in [-0.1, -0.05) is 108 Å². The second-order valence-electron chi connectivity index (χ2n) is 11.3. The van der Waals surface area contributed by atoms with Crippen LogP contribution in [0, 0.1) is 25.7 Å². The molecule has 7 rings (SSSR count). The van der Waals surface area contributed by atoms with E-state index in [0.29, 0.717) is 5.69 Å². The number of aliphatic hydroxyl groups excluding tert-OH is 1. The first-order valence-corrected chi connectivity index (χ1v) is 14.0. The lowest BCUT2D eigenvalue weighted by Crippen LogP contribution is -2.52. The number of carbonyl (C=O) groups is 2. The van der Waals surface area contributed by atoms with E-state index in [0.717, 1.165) is 27.8 Å². The number of rotatable bonds is 6. The average molecular weight is 546 g/mol. The molecule has 6 heteroatoms. The van der Waals surface area contributed by atoms with Crippen molar-refractivity contribution in [2.24, 2.45) is 11.8 Å². The van der Waals surface area contributed by atoms with Gasteiger partial charge in [-0.15, -0.1) is 0 Å². The predicted octanol–water partition coefficient (Wildman–Crippen LogP) is 4.93. The van der Waals surface area contributed by atoms with Gasteiger partial charge in [0.2, 0.25) is 11.8 Å². The highest BCUT2D eigenvalue weighted by molar-refractivity contribution is 6.22. The third-order valence-electron chi connectivity index (χ3n) is 8.84. The van der Waals surface area contributed by atoms with E-state index in [2.05, 4.69) is 0 Å². The van der Waals surface area contributed by atoms with Crippen LogP contribution in [0.3, 0.4) is 0 Å². The Bertz CT molecular complexity index is 1540. The summed E-state index contributed by atoms with van der Waals surface area (Å²) in [5.74, 6) is -2.11. The smallest absolute Gasteiger partial charge is 0.240 e. The minimum Gasteiger partial charge on any atom is -0.388 e. The fourth-order valence-corrected chi connectivity index (χ4v) is 6.84. The SMILES string of the molecule is Cc1ccc(C(O[C@H]2[C@@H](O)[C@@H]3O[C@H]2C2C(=O)N(c4ccccc4)C(=O)C23)(c2ccccc2)c2ccc(C)cc2)cc1. The van der Waals surface area contributed by atoms with Crippen LogP contribution in [-0.4, -0.2) is 41.3 Å². The first kappa shape index (κ1) is 25.8. The van der Waals surface area contributed by atoms with Crippen molar-refractivity contribution < 1.29 is 24.2 Å². The second kappa shape index (κ2) is 9.77. The first-order chi connectivity index (χ1) is 19.9. The van der Waals surface area contributed by atoms with Gasteiger partial charge in [0.25, 0.3) is 0 Å². The van der Waals surface area contributed by atoms with Gasteiger partial charge in [-0.2, -0.15) is 0 Å². The summed E-state index contributed by atoms with van der Waals surface area (Å²) in [5.41, 5.74) is 4.32. The van der Waals surface area contributed by atoms with Gasteiger partial charge in [0.15, 0.2) is 0 Å². The molecule has 2 unspecified atom stereocenters. The molecule has 206 valence electrons. The summed E-state index contributed by atoms with van der Waals surface area (Å²) in [6, 6.07) is 35.3. The van der Waals surface area contributed by atoms with E-state index >= 15 is 0 Å². The molecule has 2 bridgehead atoms. The average Bonchev–Trinajstić information content (AvgIpc) is 3.62. The molecule has 4 aromatic rings. The summed E-state index contributed by atoms with van der Waals surface area (Å²) < 4.78 is 13.4. The molecule has 3 saturated heterocycles. The number of benzene rings is 4. The molecule has 3 aliphatic rings. The lowest BCUT2D eigenvalue weighted by atomic mass is 9.76. The van der Waals surface area contributed by atoms with Gasteiger partial charge >= 0.3 is 0 Å². The summed E-state index contributed by atoms with van der Waals surface area (Å²) in [6.45, 7) is 4.07. The highest BCUT2D eigenvalue weighted by atomic mass is 16.6. The number of carbonyl (C=O) groups excluding carboxylic acids is 2. The Morgan fingerprint density at radius 2 is 1.12 bits per heavy atom. The van der Waals surface area contributed by atoms with Gasteiger partial charge in [0.1, 0.15) is 17.8 Å². The minimum atomic E-state index is -1.11. The fraction of sp³-hybridized carbons (Fsp3) is 0.257. The Morgan fingerprint density at radius 3 is 1.66 bits per heavy atom. The van der Waals surface area contributed by atoms with Crippen molar-refractivity contribution in [3.05, 3.63) is 137 Å². The van der Waals surface area contributed by atoms with Gasteiger partial charge < -0.3 is 14.6 Å². The van der Waals surface area contributed by atoms with Crippen molar-refractivity contribution in [2.75, 3.05) is 4.90 Å². The number of amides is 2. The van der Waals surface area contributed by atoms with Crippen LogP contribution in [0.2, 0.25) is 0 Å². The summed E-state index contributed by atoms with van der Waals surface area (Å²) >= 11 is 0. The highest BCUT2D eigenvalue weighted by Gasteiger charge is 2.70. The van der Waals surface area contributed by atoms with E-state index in [1.165, 1.54) is 4.90 Å². The Labute approximate surface area is 239 Å². The Balaban J connectivity index is 1.34. The maximum atomic E-state index is 13.8. The molecule has 3 fully saturated rings. The van der Waals surface area contributed by atoms with Crippen LogP contribution in [0.25, 0.3) is 0 Å². The number of aryl methyl sites for hydroxylation is 2. The number of hydrogen-bond acceptors (Lipinski definition) is 5. The molecule has 0 radical (unpaired) electrons. The summed E-state index contributed by atoms with van der Waals surface area (Å²) in [4.78, 5) is 28.6. The number of nitrogens with zero attached hydrogens (tertiary/aromatic N) is 1. The third kappa shape index (κ3) is 3.90. The number of hydrogen-bond donors (Lipinski definition) is 1. The first-order valence-electron chi connectivity index (χ1n) is 14.0. The fourth-order valence-electron chi connectivity index (χ4n) is 6.84. The molecule has 0 saturated carbocycles. The zero-order valence-electron chi connectivity index (χ0n) is 22.9.